The first-order chi connectivity index (χ1) is 8.18. The highest BCUT2D eigenvalue weighted by Crippen LogP contribution is 2.22. The number of nitrogens with zero attached hydrogens (tertiary/aromatic N) is 1. The SMILES string of the molecule is C=C(N[C@H](C)c1ccccc1)C1CCCN1C. The Labute approximate surface area is 104 Å². The monoisotopic (exact) mass is 230 g/mol. The van der Waals surface area contributed by atoms with Crippen LogP contribution in [0.15, 0.2) is 42.6 Å². The average molecular weight is 230 g/mol. The molecule has 1 unspecified atom stereocenters. The molecule has 1 saturated heterocycles. The van der Waals surface area contributed by atoms with Crippen LogP contribution in [-0.4, -0.2) is 24.5 Å². The Balaban J connectivity index is 1.95. The molecular formula is C15H22N2. The Morgan fingerprint density at radius 2 is 2.12 bits per heavy atom. The van der Waals surface area contributed by atoms with Crippen LogP contribution in [0.1, 0.15) is 31.4 Å². The van der Waals surface area contributed by atoms with E-state index in [2.05, 4.69) is 61.1 Å². The summed E-state index contributed by atoms with van der Waals surface area (Å²) in [6, 6.07) is 11.4. The van der Waals surface area contributed by atoms with Gasteiger partial charge >= 0.3 is 0 Å². The van der Waals surface area contributed by atoms with Gasteiger partial charge < -0.3 is 5.32 Å². The number of hydrogen-bond acceptors (Lipinski definition) is 2. The van der Waals surface area contributed by atoms with Crippen molar-refractivity contribution in [3.63, 3.8) is 0 Å². The molecule has 1 aliphatic rings. The van der Waals surface area contributed by atoms with Gasteiger partial charge in [0, 0.05) is 17.8 Å². The summed E-state index contributed by atoms with van der Waals surface area (Å²) in [6.45, 7) is 7.58. The predicted octanol–water partition coefficient (Wildman–Crippen LogP) is 2.95. The van der Waals surface area contributed by atoms with E-state index in [0.717, 1.165) is 5.70 Å². The maximum absolute atomic E-state index is 4.20. The number of benzene rings is 1. The molecule has 1 N–H and O–H groups in total. The van der Waals surface area contributed by atoms with E-state index in [1.165, 1.54) is 24.9 Å². The number of rotatable bonds is 4. The zero-order chi connectivity index (χ0) is 12.3. The number of likely N-dealkylation sites (tertiary alicyclic amines) is 1. The van der Waals surface area contributed by atoms with Crippen LogP contribution in [0.2, 0.25) is 0 Å². The molecule has 0 amide bonds. The largest absolute Gasteiger partial charge is 0.381 e. The molecular weight excluding hydrogens is 208 g/mol. The molecule has 2 nitrogen and oxygen atoms in total. The summed E-state index contributed by atoms with van der Waals surface area (Å²) >= 11 is 0. The Morgan fingerprint density at radius 1 is 1.41 bits per heavy atom. The van der Waals surface area contributed by atoms with Gasteiger partial charge in [-0.05, 0) is 38.9 Å². The predicted molar refractivity (Wildman–Crippen MR) is 72.8 cm³/mol. The minimum Gasteiger partial charge on any atom is -0.381 e. The molecule has 1 aliphatic heterocycles. The first kappa shape index (κ1) is 12.2. The lowest BCUT2D eigenvalue weighted by atomic mass is 10.1. The van der Waals surface area contributed by atoms with Crippen molar-refractivity contribution in [1.82, 2.24) is 10.2 Å². The standard InChI is InChI=1S/C15H22N2/c1-12(14-8-5-4-6-9-14)16-13(2)15-10-7-11-17(15)3/h4-6,8-9,12,15-16H,2,7,10-11H2,1,3H3/t12-,15?/m1/s1. The van der Waals surface area contributed by atoms with Crippen LogP contribution in [0.3, 0.4) is 0 Å². The van der Waals surface area contributed by atoms with Crippen LogP contribution in [0.5, 0.6) is 0 Å². The Hall–Kier alpha value is -1.28. The molecule has 1 fully saturated rings. The summed E-state index contributed by atoms with van der Waals surface area (Å²) in [7, 11) is 2.18. The van der Waals surface area contributed by atoms with Gasteiger partial charge in [0.05, 0.1) is 0 Å². The summed E-state index contributed by atoms with van der Waals surface area (Å²) in [5.74, 6) is 0. The number of hydrogen-bond donors (Lipinski definition) is 1. The molecule has 2 atom stereocenters. The lowest BCUT2D eigenvalue weighted by Gasteiger charge is -2.26. The zero-order valence-corrected chi connectivity index (χ0v) is 10.8. The molecule has 0 aromatic heterocycles. The Bertz CT molecular complexity index is 372. The highest BCUT2D eigenvalue weighted by Gasteiger charge is 2.24. The van der Waals surface area contributed by atoms with Crippen LogP contribution >= 0.6 is 0 Å². The Kier molecular flexibility index (Phi) is 3.85. The Morgan fingerprint density at radius 3 is 2.71 bits per heavy atom. The fourth-order valence-corrected chi connectivity index (χ4v) is 2.55. The van der Waals surface area contributed by atoms with Crippen molar-refractivity contribution in [2.45, 2.75) is 31.8 Å². The van der Waals surface area contributed by atoms with E-state index in [0.29, 0.717) is 12.1 Å². The maximum atomic E-state index is 4.20. The fourth-order valence-electron chi connectivity index (χ4n) is 2.55. The van der Waals surface area contributed by atoms with E-state index in [4.69, 9.17) is 0 Å². The van der Waals surface area contributed by atoms with Crippen LogP contribution in [0.4, 0.5) is 0 Å². The van der Waals surface area contributed by atoms with Crippen molar-refractivity contribution in [2.75, 3.05) is 13.6 Å². The first-order valence-electron chi connectivity index (χ1n) is 6.39. The van der Waals surface area contributed by atoms with Gasteiger partial charge in [0.15, 0.2) is 0 Å². The van der Waals surface area contributed by atoms with Crippen LogP contribution in [0, 0.1) is 0 Å². The van der Waals surface area contributed by atoms with Gasteiger partial charge in [-0.3, -0.25) is 4.90 Å². The highest BCUT2D eigenvalue weighted by molar-refractivity contribution is 5.20. The highest BCUT2D eigenvalue weighted by atomic mass is 15.2. The van der Waals surface area contributed by atoms with Crippen molar-refractivity contribution < 1.29 is 0 Å². The van der Waals surface area contributed by atoms with Crippen molar-refractivity contribution >= 4 is 0 Å². The lowest BCUT2D eigenvalue weighted by Crippen LogP contribution is -2.33. The molecule has 1 heterocycles. The van der Waals surface area contributed by atoms with Gasteiger partial charge in [-0.1, -0.05) is 36.9 Å². The van der Waals surface area contributed by atoms with Gasteiger partial charge in [-0.15, -0.1) is 0 Å². The van der Waals surface area contributed by atoms with E-state index >= 15 is 0 Å². The van der Waals surface area contributed by atoms with Gasteiger partial charge in [-0.2, -0.15) is 0 Å². The molecule has 0 saturated carbocycles. The van der Waals surface area contributed by atoms with E-state index in [-0.39, 0.29) is 0 Å². The van der Waals surface area contributed by atoms with E-state index in [9.17, 15) is 0 Å². The van der Waals surface area contributed by atoms with Gasteiger partial charge in [-0.25, -0.2) is 0 Å². The third-order valence-corrected chi connectivity index (χ3v) is 3.62. The average Bonchev–Trinajstić information content (AvgIpc) is 2.76. The third-order valence-electron chi connectivity index (χ3n) is 3.62. The second kappa shape index (κ2) is 5.37. The van der Waals surface area contributed by atoms with Crippen LogP contribution in [-0.2, 0) is 0 Å². The van der Waals surface area contributed by atoms with Crippen LogP contribution < -0.4 is 5.32 Å². The summed E-state index contributed by atoms with van der Waals surface area (Å²) < 4.78 is 0. The molecule has 1 aromatic rings. The van der Waals surface area contributed by atoms with Crippen LogP contribution in [0.25, 0.3) is 0 Å². The van der Waals surface area contributed by atoms with Gasteiger partial charge in [0.25, 0.3) is 0 Å². The summed E-state index contributed by atoms with van der Waals surface area (Å²) in [5, 5.41) is 3.53. The second-order valence-corrected chi connectivity index (χ2v) is 4.94. The molecule has 0 spiro atoms. The molecule has 0 bridgehead atoms. The smallest absolute Gasteiger partial charge is 0.0486 e. The number of nitrogens with one attached hydrogen (secondary N) is 1. The molecule has 2 rings (SSSR count). The topological polar surface area (TPSA) is 15.3 Å². The zero-order valence-electron chi connectivity index (χ0n) is 10.8. The molecule has 92 valence electrons. The fraction of sp³-hybridized carbons (Fsp3) is 0.467. The minimum atomic E-state index is 0.331. The van der Waals surface area contributed by atoms with E-state index in [1.807, 2.05) is 0 Å². The van der Waals surface area contributed by atoms with Gasteiger partial charge in [0.2, 0.25) is 0 Å². The normalized spacial score (nSPS) is 22.4. The molecule has 0 radical (unpaired) electrons. The molecule has 17 heavy (non-hydrogen) atoms. The summed E-state index contributed by atoms with van der Waals surface area (Å²) in [6.07, 6.45) is 2.51. The molecule has 2 heteroatoms. The third kappa shape index (κ3) is 2.89. The number of likely N-dealkylation sites (N-methyl/N-ethyl adjacent to an activating group) is 1. The van der Waals surface area contributed by atoms with E-state index in [1.54, 1.807) is 0 Å². The van der Waals surface area contributed by atoms with Crippen molar-refractivity contribution in [2.24, 2.45) is 0 Å². The lowest BCUT2D eigenvalue weighted by molar-refractivity contribution is 0.330. The summed E-state index contributed by atoms with van der Waals surface area (Å²) in [4.78, 5) is 2.38. The molecule has 1 aromatic carbocycles. The van der Waals surface area contributed by atoms with Crippen molar-refractivity contribution in [3.05, 3.63) is 48.2 Å². The van der Waals surface area contributed by atoms with Crippen molar-refractivity contribution in [1.29, 1.82) is 0 Å². The van der Waals surface area contributed by atoms with Gasteiger partial charge in [0.1, 0.15) is 0 Å². The quantitative estimate of drug-likeness (QED) is 0.855. The van der Waals surface area contributed by atoms with Crippen molar-refractivity contribution in [3.8, 4) is 0 Å². The second-order valence-electron chi connectivity index (χ2n) is 4.94. The van der Waals surface area contributed by atoms with E-state index < -0.39 is 0 Å². The first-order valence-corrected chi connectivity index (χ1v) is 6.39. The minimum absolute atomic E-state index is 0.331. The summed E-state index contributed by atoms with van der Waals surface area (Å²) in [5.41, 5.74) is 2.47. The molecule has 0 aliphatic carbocycles. The maximum Gasteiger partial charge on any atom is 0.0486 e.